The highest BCUT2D eigenvalue weighted by Crippen LogP contribution is 2.23. The maximum Gasteiger partial charge on any atom is 0.251 e. The zero-order chi connectivity index (χ0) is 14.1. The lowest BCUT2D eigenvalue weighted by atomic mass is 10.0. The number of benzene rings is 1. The molecular formula is C15H18ClN3O. The van der Waals surface area contributed by atoms with Crippen LogP contribution in [0.1, 0.15) is 23.2 Å². The van der Waals surface area contributed by atoms with Gasteiger partial charge in [-0.05, 0) is 45.1 Å². The maximum absolute atomic E-state index is 12.3. The van der Waals surface area contributed by atoms with Crippen LogP contribution in [0.5, 0.6) is 0 Å². The van der Waals surface area contributed by atoms with Crippen LogP contribution in [0.15, 0.2) is 24.4 Å². The Kier molecular flexibility index (Phi) is 3.68. The van der Waals surface area contributed by atoms with E-state index < -0.39 is 0 Å². The molecule has 1 fully saturated rings. The molecule has 0 aliphatic carbocycles. The summed E-state index contributed by atoms with van der Waals surface area (Å²) in [7, 11) is 2.11. The number of nitrogens with zero attached hydrogens (tertiary/aromatic N) is 1. The molecule has 1 aromatic heterocycles. The number of carbonyl (C=O) groups is 1. The molecule has 0 radical (unpaired) electrons. The molecule has 106 valence electrons. The van der Waals surface area contributed by atoms with E-state index in [0.29, 0.717) is 10.6 Å². The van der Waals surface area contributed by atoms with Gasteiger partial charge in [0.05, 0.1) is 5.02 Å². The molecule has 5 heteroatoms. The van der Waals surface area contributed by atoms with Gasteiger partial charge in [-0.3, -0.25) is 4.79 Å². The quantitative estimate of drug-likeness (QED) is 0.894. The Morgan fingerprint density at radius 1 is 1.40 bits per heavy atom. The van der Waals surface area contributed by atoms with Crippen molar-refractivity contribution in [1.29, 1.82) is 0 Å². The fraction of sp³-hybridized carbons (Fsp3) is 0.400. The fourth-order valence-electron chi connectivity index (χ4n) is 2.65. The first-order valence-corrected chi connectivity index (χ1v) is 7.27. The van der Waals surface area contributed by atoms with Gasteiger partial charge < -0.3 is 15.2 Å². The number of piperidine rings is 1. The van der Waals surface area contributed by atoms with E-state index in [9.17, 15) is 4.79 Å². The number of rotatable bonds is 2. The largest absolute Gasteiger partial charge is 0.360 e. The van der Waals surface area contributed by atoms with Crippen molar-refractivity contribution in [2.45, 2.75) is 18.9 Å². The molecule has 4 nitrogen and oxygen atoms in total. The SMILES string of the molecule is CN1CCC(NC(=O)c2ccc3c(Cl)c[nH]c3c2)CC1. The summed E-state index contributed by atoms with van der Waals surface area (Å²) in [5.41, 5.74) is 1.57. The van der Waals surface area contributed by atoms with Gasteiger partial charge in [0.2, 0.25) is 0 Å². The van der Waals surface area contributed by atoms with E-state index >= 15 is 0 Å². The second-order valence-electron chi connectivity index (χ2n) is 5.45. The molecule has 1 amide bonds. The van der Waals surface area contributed by atoms with Gasteiger partial charge in [0.1, 0.15) is 0 Å². The van der Waals surface area contributed by atoms with Gasteiger partial charge in [-0.2, -0.15) is 0 Å². The average Bonchev–Trinajstić information content (AvgIpc) is 2.82. The number of aromatic amines is 1. The van der Waals surface area contributed by atoms with Crippen LogP contribution < -0.4 is 5.32 Å². The van der Waals surface area contributed by atoms with Crippen molar-refractivity contribution in [3.05, 3.63) is 35.0 Å². The van der Waals surface area contributed by atoms with Crippen LogP contribution >= 0.6 is 11.6 Å². The van der Waals surface area contributed by atoms with E-state index in [-0.39, 0.29) is 11.9 Å². The predicted octanol–water partition coefficient (Wildman–Crippen LogP) is 2.65. The maximum atomic E-state index is 12.3. The standard InChI is InChI=1S/C15H18ClN3O/c1-19-6-4-11(5-7-19)18-15(20)10-2-3-12-13(16)9-17-14(12)8-10/h2-3,8-9,11,17H,4-7H2,1H3,(H,18,20). The summed E-state index contributed by atoms with van der Waals surface area (Å²) in [6, 6.07) is 5.84. The summed E-state index contributed by atoms with van der Waals surface area (Å²) >= 11 is 6.04. The third-order valence-electron chi connectivity index (χ3n) is 3.95. The van der Waals surface area contributed by atoms with Crippen LogP contribution in [0.3, 0.4) is 0 Å². The number of H-pyrrole nitrogens is 1. The van der Waals surface area contributed by atoms with Crippen molar-refractivity contribution in [2.75, 3.05) is 20.1 Å². The molecule has 2 heterocycles. The number of nitrogens with one attached hydrogen (secondary N) is 2. The Balaban J connectivity index is 1.72. The Morgan fingerprint density at radius 3 is 2.90 bits per heavy atom. The highest BCUT2D eigenvalue weighted by molar-refractivity contribution is 6.35. The average molecular weight is 292 g/mol. The Hall–Kier alpha value is -1.52. The third-order valence-corrected chi connectivity index (χ3v) is 4.26. The van der Waals surface area contributed by atoms with Crippen LogP contribution in [0.25, 0.3) is 10.9 Å². The van der Waals surface area contributed by atoms with Crippen molar-refractivity contribution in [3.63, 3.8) is 0 Å². The molecule has 20 heavy (non-hydrogen) atoms. The Bertz CT molecular complexity index is 629. The summed E-state index contributed by atoms with van der Waals surface area (Å²) < 4.78 is 0. The van der Waals surface area contributed by atoms with E-state index in [0.717, 1.165) is 36.8 Å². The van der Waals surface area contributed by atoms with Crippen molar-refractivity contribution >= 4 is 28.4 Å². The molecule has 0 atom stereocenters. The van der Waals surface area contributed by atoms with Crippen LogP contribution in [-0.4, -0.2) is 42.0 Å². The number of aromatic nitrogens is 1. The van der Waals surface area contributed by atoms with E-state index in [1.807, 2.05) is 18.2 Å². The van der Waals surface area contributed by atoms with Gasteiger partial charge in [0, 0.05) is 28.7 Å². The van der Waals surface area contributed by atoms with E-state index in [2.05, 4.69) is 22.2 Å². The molecule has 1 aliphatic heterocycles. The molecule has 0 bridgehead atoms. The van der Waals surface area contributed by atoms with Crippen molar-refractivity contribution in [2.24, 2.45) is 0 Å². The van der Waals surface area contributed by atoms with Crippen LogP contribution in [0.4, 0.5) is 0 Å². The van der Waals surface area contributed by atoms with E-state index in [1.165, 1.54) is 0 Å². The highest BCUT2D eigenvalue weighted by atomic mass is 35.5. The first kappa shape index (κ1) is 13.5. The van der Waals surface area contributed by atoms with Crippen molar-refractivity contribution in [3.8, 4) is 0 Å². The lowest BCUT2D eigenvalue weighted by molar-refractivity contribution is 0.0917. The summed E-state index contributed by atoms with van der Waals surface area (Å²) in [5, 5.41) is 4.74. The predicted molar refractivity (Wildman–Crippen MR) is 81.3 cm³/mol. The number of fused-ring (bicyclic) bond motifs is 1. The van der Waals surface area contributed by atoms with Gasteiger partial charge in [0.25, 0.3) is 5.91 Å². The van der Waals surface area contributed by atoms with Crippen molar-refractivity contribution in [1.82, 2.24) is 15.2 Å². The summed E-state index contributed by atoms with van der Waals surface area (Å²) in [4.78, 5) is 17.6. The van der Waals surface area contributed by atoms with Crippen LogP contribution in [0.2, 0.25) is 5.02 Å². The smallest absolute Gasteiger partial charge is 0.251 e. The molecule has 2 aromatic rings. The number of hydrogen-bond acceptors (Lipinski definition) is 2. The summed E-state index contributed by atoms with van der Waals surface area (Å²) in [6.07, 6.45) is 3.77. The second-order valence-corrected chi connectivity index (χ2v) is 5.86. The van der Waals surface area contributed by atoms with Gasteiger partial charge in [-0.1, -0.05) is 17.7 Å². The first-order chi connectivity index (χ1) is 9.63. The fourth-order valence-corrected chi connectivity index (χ4v) is 2.87. The molecule has 0 spiro atoms. The molecule has 0 saturated carbocycles. The minimum absolute atomic E-state index is 0.00724. The number of hydrogen-bond donors (Lipinski definition) is 2. The molecule has 2 N–H and O–H groups in total. The highest BCUT2D eigenvalue weighted by Gasteiger charge is 2.19. The summed E-state index contributed by atoms with van der Waals surface area (Å²) in [6.45, 7) is 2.08. The molecule has 1 aromatic carbocycles. The zero-order valence-electron chi connectivity index (χ0n) is 11.4. The molecule has 3 rings (SSSR count). The number of carbonyl (C=O) groups excluding carboxylic acids is 1. The monoisotopic (exact) mass is 291 g/mol. The van der Waals surface area contributed by atoms with Gasteiger partial charge in [0.15, 0.2) is 0 Å². The summed E-state index contributed by atoms with van der Waals surface area (Å²) in [5.74, 6) is -0.00724. The minimum atomic E-state index is -0.00724. The zero-order valence-corrected chi connectivity index (χ0v) is 12.2. The van der Waals surface area contributed by atoms with Crippen molar-refractivity contribution < 1.29 is 4.79 Å². The lowest BCUT2D eigenvalue weighted by Gasteiger charge is -2.29. The van der Waals surface area contributed by atoms with E-state index in [4.69, 9.17) is 11.6 Å². The van der Waals surface area contributed by atoms with E-state index in [1.54, 1.807) is 6.20 Å². The van der Waals surface area contributed by atoms with Crippen LogP contribution in [0, 0.1) is 0 Å². The topological polar surface area (TPSA) is 48.1 Å². The van der Waals surface area contributed by atoms with Gasteiger partial charge >= 0.3 is 0 Å². The van der Waals surface area contributed by atoms with Gasteiger partial charge in [-0.15, -0.1) is 0 Å². The molecule has 1 saturated heterocycles. The third kappa shape index (κ3) is 2.67. The lowest BCUT2D eigenvalue weighted by Crippen LogP contribution is -2.43. The molecular weight excluding hydrogens is 274 g/mol. The molecule has 1 aliphatic rings. The number of likely N-dealkylation sites (tertiary alicyclic amines) is 1. The number of amides is 1. The first-order valence-electron chi connectivity index (χ1n) is 6.89. The van der Waals surface area contributed by atoms with Crippen LogP contribution in [-0.2, 0) is 0 Å². The Morgan fingerprint density at radius 2 is 2.15 bits per heavy atom. The normalized spacial score (nSPS) is 17.5. The second kappa shape index (κ2) is 5.46. The Labute approximate surface area is 123 Å². The number of halogens is 1. The minimum Gasteiger partial charge on any atom is -0.360 e. The van der Waals surface area contributed by atoms with Gasteiger partial charge in [-0.25, -0.2) is 0 Å². The molecule has 0 unspecified atom stereocenters.